The molecule has 76 valence electrons. The maximum Gasteiger partial charge on any atom is 0.265 e. The quantitative estimate of drug-likeness (QED) is 0.330. The van der Waals surface area contributed by atoms with Crippen molar-refractivity contribution in [2.24, 2.45) is 5.73 Å². The third-order valence-corrected chi connectivity index (χ3v) is 2.12. The fourth-order valence-corrected chi connectivity index (χ4v) is 1.01. The van der Waals surface area contributed by atoms with Gasteiger partial charge in [0.15, 0.2) is 0 Å². The Morgan fingerprint density at radius 2 is 1.92 bits per heavy atom. The lowest BCUT2D eigenvalue weighted by molar-refractivity contribution is -0.114. The van der Waals surface area contributed by atoms with Crippen LogP contribution in [-0.4, -0.2) is 29.7 Å². The summed E-state index contributed by atoms with van der Waals surface area (Å²) in [4.78, 5) is 10.5. The first-order valence-electron chi connectivity index (χ1n) is 3.37. The summed E-state index contributed by atoms with van der Waals surface area (Å²) in [5, 5.41) is 9.05. The van der Waals surface area contributed by atoms with Crippen molar-refractivity contribution in [3.8, 4) is 0 Å². The number of hydrogen-bond acceptors (Lipinski definition) is 4. The van der Waals surface area contributed by atoms with Gasteiger partial charge in [0.25, 0.3) is 10.1 Å². The summed E-state index contributed by atoms with van der Waals surface area (Å²) in [7, 11) is -4.12. The first kappa shape index (κ1) is 11.9. The van der Waals surface area contributed by atoms with Gasteiger partial charge >= 0.3 is 0 Å². The van der Waals surface area contributed by atoms with E-state index in [-0.39, 0.29) is 12.0 Å². The first-order chi connectivity index (χ1) is 5.74. The average molecular weight is 209 g/mol. The van der Waals surface area contributed by atoms with E-state index in [1.54, 1.807) is 0 Å². The van der Waals surface area contributed by atoms with Crippen molar-refractivity contribution < 1.29 is 22.9 Å². The van der Waals surface area contributed by atoms with Crippen LogP contribution in [0.2, 0.25) is 0 Å². The molecule has 0 aliphatic carbocycles. The second-order valence-electron chi connectivity index (χ2n) is 2.47. The van der Waals surface area contributed by atoms with Crippen LogP contribution in [0.1, 0.15) is 13.3 Å². The second kappa shape index (κ2) is 4.24. The molecular weight excluding hydrogens is 198 g/mol. The molecule has 7 heteroatoms. The first-order valence-corrected chi connectivity index (χ1v) is 4.98. The van der Waals surface area contributed by atoms with Crippen LogP contribution in [0.3, 0.4) is 0 Å². The summed E-state index contributed by atoms with van der Waals surface area (Å²) in [6, 6.07) is 0. The third kappa shape index (κ3) is 5.21. The largest absolute Gasteiger partial charge is 0.512 e. The monoisotopic (exact) mass is 209 g/mol. The highest BCUT2D eigenvalue weighted by atomic mass is 32.2. The molecular formula is C6H11NO5S. The molecule has 4 N–H and O–H groups in total. The van der Waals surface area contributed by atoms with Gasteiger partial charge in [-0.15, -0.1) is 0 Å². The van der Waals surface area contributed by atoms with Crippen LogP contribution >= 0.6 is 0 Å². The number of hydrogen-bond donors (Lipinski definition) is 3. The topological polar surface area (TPSA) is 118 Å². The molecule has 0 saturated heterocycles. The van der Waals surface area contributed by atoms with Crippen LogP contribution in [-0.2, 0) is 14.9 Å². The Kier molecular flexibility index (Phi) is 3.89. The van der Waals surface area contributed by atoms with Crippen molar-refractivity contribution in [2.75, 3.05) is 5.75 Å². The summed E-state index contributed by atoms with van der Waals surface area (Å²) in [5.74, 6) is -1.89. The SMILES string of the molecule is CC(C(N)=O)=C(O)CCS(=O)(=O)O. The van der Waals surface area contributed by atoms with Crippen LogP contribution in [0.15, 0.2) is 11.3 Å². The standard InChI is InChI=1S/C6H11NO5S/c1-4(6(7)9)5(8)2-3-13(10,11)12/h8H,2-3H2,1H3,(H2,7,9)(H,10,11,12). The predicted molar refractivity (Wildman–Crippen MR) is 45.6 cm³/mol. The summed E-state index contributed by atoms with van der Waals surface area (Å²) >= 11 is 0. The highest BCUT2D eigenvalue weighted by Crippen LogP contribution is 2.05. The van der Waals surface area contributed by atoms with Gasteiger partial charge in [0, 0.05) is 6.42 Å². The Hall–Kier alpha value is -1.08. The average Bonchev–Trinajstić information content (AvgIpc) is 1.97. The Labute approximate surface area is 75.8 Å². The number of aliphatic hydroxyl groups is 1. The van der Waals surface area contributed by atoms with Crippen molar-refractivity contribution in [1.82, 2.24) is 0 Å². The molecule has 0 bridgehead atoms. The summed E-state index contributed by atoms with van der Waals surface area (Å²) in [6.07, 6.45) is -0.326. The highest BCUT2D eigenvalue weighted by molar-refractivity contribution is 7.85. The second-order valence-corrected chi connectivity index (χ2v) is 4.04. The van der Waals surface area contributed by atoms with E-state index in [4.69, 9.17) is 15.4 Å². The maximum absolute atomic E-state index is 10.5. The van der Waals surface area contributed by atoms with Gasteiger partial charge < -0.3 is 10.8 Å². The van der Waals surface area contributed by atoms with Crippen molar-refractivity contribution in [3.05, 3.63) is 11.3 Å². The minimum atomic E-state index is -4.12. The molecule has 0 saturated carbocycles. The molecule has 13 heavy (non-hydrogen) atoms. The van der Waals surface area contributed by atoms with Crippen molar-refractivity contribution in [1.29, 1.82) is 0 Å². The highest BCUT2D eigenvalue weighted by Gasteiger charge is 2.10. The Morgan fingerprint density at radius 1 is 1.46 bits per heavy atom. The van der Waals surface area contributed by atoms with E-state index >= 15 is 0 Å². The van der Waals surface area contributed by atoms with Crippen molar-refractivity contribution in [3.63, 3.8) is 0 Å². The van der Waals surface area contributed by atoms with Crippen LogP contribution < -0.4 is 5.73 Å². The van der Waals surface area contributed by atoms with Crippen LogP contribution in [0.25, 0.3) is 0 Å². The fraction of sp³-hybridized carbons (Fsp3) is 0.500. The summed E-state index contributed by atoms with van der Waals surface area (Å²) in [5.41, 5.74) is 4.70. The van der Waals surface area contributed by atoms with Gasteiger partial charge in [0.1, 0.15) is 5.76 Å². The van der Waals surface area contributed by atoms with Crippen molar-refractivity contribution in [2.45, 2.75) is 13.3 Å². The molecule has 0 rings (SSSR count). The molecule has 0 spiro atoms. The molecule has 0 heterocycles. The zero-order chi connectivity index (χ0) is 10.6. The van der Waals surface area contributed by atoms with E-state index in [9.17, 15) is 13.2 Å². The molecule has 0 aromatic rings. The zero-order valence-electron chi connectivity index (χ0n) is 7.02. The van der Waals surface area contributed by atoms with Gasteiger partial charge in [-0.25, -0.2) is 0 Å². The minimum absolute atomic E-state index is 0.108. The molecule has 0 aromatic heterocycles. The molecule has 0 atom stereocenters. The smallest absolute Gasteiger partial charge is 0.265 e. The lowest BCUT2D eigenvalue weighted by Gasteiger charge is -2.01. The van der Waals surface area contributed by atoms with E-state index in [1.807, 2.05) is 0 Å². The van der Waals surface area contributed by atoms with Gasteiger partial charge in [-0.1, -0.05) is 0 Å². The molecule has 0 unspecified atom stereocenters. The van der Waals surface area contributed by atoms with Gasteiger partial charge in [-0.2, -0.15) is 8.42 Å². The molecule has 0 aromatic carbocycles. The third-order valence-electron chi connectivity index (χ3n) is 1.40. The lowest BCUT2D eigenvalue weighted by Crippen LogP contribution is -2.15. The van der Waals surface area contributed by atoms with Crippen LogP contribution in [0, 0.1) is 0 Å². The Bertz CT molecular complexity index is 329. The van der Waals surface area contributed by atoms with Gasteiger partial charge in [-0.3, -0.25) is 9.35 Å². The number of allylic oxidation sites excluding steroid dienone is 1. The molecule has 0 aliphatic rings. The minimum Gasteiger partial charge on any atom is -0.512 e. The molecule has 0 radical (unpaired) electrons. The summed E-state index contributed by atoms with van der Waals surface area (Å²) < 4.78 is 28.8. The number of nitrogens with two attached hydrogens (primary N) is 1. The lowest BCUT2D eigenvalue weighted by atomic mass is 10.2. The van der Waals surface area contributed by atoms with Gasteiger partial charge in [0.2, 0.25) is 5.91 Å². The number of primary amides is 1. The Morgan fingerprint density at radius 3 is 2.23 bits per heavy atom. The normalized spacial score (nSPS) is 13.7. The van der Waals surface area contributed by atoms with Crippen molar-refractivity contribution >= 4 is 16.0 Å². The van der Waals surface area contributed by atoms with E-state index in [0.29, 0.717) is 0 Å². The number of rotatable bonds is 4. The summed E-state index contributed by atoms with van der Waals surface area (Å²) in [6.45, 7) is 1.27. The predicted octanol–water partition coefficient (Wildman–Crippen LogP) is -0.418. The molecule has 0 aliphatic heterocycles. The number of amides is 1. The number of aliphatic hydroxyl groups excluding tert-OH is 1. The van der Waals surface area contributed by atoms with Gasteiger partial charge in [0.05, 0.1) is 11.3 Å². The number of carbonyl (C=O) groups is 1. The van der Waals surface area contributed by atoms with E-state index in [2.05, 4.69) is 0 Å². The number of carbonyl (C=O) groups excluding carboxylic acids is 1. The Balaban J connectivity index is 4.40. The molecule has 1 amide bonds. The van der Waals surface area contributed by atoms with Gasteiger partial charge in [-0.05, 0) is 6.92 Å². The van der Waals surface area contributed by atoms with E-state index < -0.39 is 27.5 Å². The fourth-order valence-electron chi connectivity index (χ4n) is 0.555. The maximum atomic E-state index is 10.5. The molecule has 6 nitrogen and oxygen atoms in total. The van der Waals surface area contributed by atoms with Crippen LogP contribution in [0.5, 0.6) is 0 Å². The zero-order valence-corrected chi connectivity index (χ0v) is 7.84. The molecule has 0 fully saturated rings. The van der Waals surface area contributed by atoms with Crippen LogP contribution in [0.4, 0.5) is 0 Å². The van der Waals surface area contributed by atoms with E-state index in [1.165, 1.54) is 6.92 Å². The van der Waals surface area contributed by atoms with E-state index in [0.717, 1.165) is 0 Å².